The molecule has 4 nitrogen and oxygen atoms in total. The largest absolute Gasteiger partial charge is 0.490 e. The second kappa shape index (κ2) is 6.91. The van der Waals surface area contributed by atoms with Gasteiger partial charge in [-0.1, -0.05) is 36.9 Å². The molecule has 0 unspecified atom stereocenters. The van der Waals surface area contributed by atoms with Crippen molar-refractivity contribution in [1.82, 2.24) is 0 Å². The molecule has 0 N–H and O–H groups in total. The summed E-state index contributed by atoms with van der Waals surface area (Å²) in [5.74, 6) is -0.506. The van der Waals surface area contributed by atoms with E-state index in [4.69, 9.17) is 9.47 Å². The van der Waals surface area contributed by atoms with Crippen LogP contribution in [0.3, 0.4) is 0 Å². The minimum Gasteiger partial charge on any atom is -0.490 e. The van der Waals surface area contributed by atoms with Gasteiger partial charge in [0.2, 0.25) is 5.90 Å². The first-order valence-corrected chi connectivity index (χ1v) is 7.28. The maximum Gasteiger partial charge on any atom is 0.363 e. The Hall–Kier alpha value is -3.21. The van der Waals surface area contributed by atoms with Crippen molar-refractivity contribution in [3.63, 3.8) is 0 Å². The van der Waals surface area contributed by atoms with Crippen molar-refractivity contribution >= 4 is 17.9 Å². The fraction of sp³-hybridized carbons (Fsp3) is 0.0526. The molecular weight excluding hydrogens is 309 g/mol. The summed E-state index contributed by atoms with van der Waals surface area (Å²) in [5, 5.41) is 0. The van der Waals surface area contributed by atoms with Crippen molar-refractivity contribution in [2.24, 2.45) is 4.99 Å². The summed E-state index contributed by atoms with van der Waals surface area (Å²) in [5.41, 5.74) is 0.980. The molecule has 120 valence electrons. The lowest BCUT2D eigenvalue weighted by Crippen LogP contribution is -2.07. The van der Waals surface area contributed by atoms with Gasteiger partial charge in [-0.2, -0.15) is 0 Å². The third kappa shape index (κ3) is 3.41. The predicted molar refractivity (Wildman–Crippen MR) is 89.1 cm³/mol. The Morgan fingerprint density at radius 3 is 2.83 bits per heavy atom. The van der Waals surface area contributed by atoms with E-state index in [-0.39, 0.29) is 17.2 Å². The van der Waals surface area contributed by atoms with Gasteiger partial charge >= 0.3 is 5.97 Å². The Kier molecular flexibility index (Phi) is 4.52. The average Bonchev–Trinajstić information content (AvgIpc) is 2.94. The number of carbonyl (C=O) groups is 1. The Morgan fingerprint density at radius 2 is 2.04 bits per heavy atom. The highest BCUT2D eigenvalue weighted by atomic mass is 19.1. The van der Waals surface area contributed by atoms with Gasteiger partial charge in [0.25, 0.3) is 0 Å². The number of hydrogen-bond donors (Lipinski definition) is 0. The van der Waals surface area contributed by atoms with Crippen LogP contribution < -0.4 is 4.74 Å². The molecule has 1 aliphatic rings. The molecular formula is C19H14FNO3. The fourth-order valence-electron chi connectivity index (χ4n) is 2.17. The third-order valence-electron chi connectivity index (χ3n) is 3.25. The molecule has 0 amide bonds. The van der Waals surface area contributed by atoms with Crippen LogP contribution in [-0.4, -0.2) is 18.5 Å². The molecule has 2 aromatic rings. The summed E-state index contributed by atoms with van der Waals surface area (Å²) < 4.78 is 24.3. The molecule has 0 aromatic heterocycles. The lowest BCUT2D eigenvalue weighted by molar-refractivity contribution is -0.129. The zero-order valence-electron chi connectivity index (χ0n) is 12.7. The standard InChI is InChI=1S/C19H14FNO3/c1-2-10-23-14-7-5-6-13(11-14)12-17-19(22)24-18(21-17)15-8-3-4-9-16(15)20/h2-9,11-12H,1,10H2/b17-12-. The smallest absolute Gasteiger partial charge is 0.363 e. The van der Waals surface area contributed by atoms with E-state index in [0.29, 0.717) is 12.4 Å². The molecule has 3 rings (SSSR count). The number of ether oxygens (including phenoxy) is 2. The lowest BCUT2D eigenvalue weighted by Gasteiger charge is -2.03. The number of rotatable bonds is 5. The SMILES string of the molecule is C=CCOc1cccc(/C=C2\N=C(c3ccccc3F)OC2=O)c1. The zero-order valence-corrected chi connectivity index (χ0v) is 12.7. The van der Waals surface area contributed by atoms with E-state index >= 15 is 0 Å². The maximum atomic E-state index is 13.8. The van der Waals surface area contributed by atoms with Gasteiger partial charge in [-0.3, -0.25) is 0 Å². The molecule has 0 saturated heterocycles. The van der Waals surface area contributed by atoms with Crippen LogP contribution >= 0.6 is 0 Å². The molecule has 1 heterocycles. The van der Waals surface area contributed by atoms with Crippen LogP contribution in [0.2, 0.25) is 0 Å². The van der Waals surface area contributed by atoms with Crippen molar-refractivity contribution < 1.29 is 18.7 Å². The molecule has 2 aromatic carbocycles. The Bertz CT molecular complexity index is 855. The molecule has 1 aliphatic heterocycles. The summed E-state index contributed by atoms with van der Waals surface area (Å²) in [6.07, 6.45) is 3.21. The van der Waals surface area contributed by atoms with E-state index in [2.05, 4.69) is 11.6 Å². The van der Waals surface area contributed by atoms with Crippen LogP contribution in [-0.2, 0) is 9.53 Å². The van der Waals surface area contributed by atoms with E-state index in [1.165, 1.54) is 12.1 Å². The monoisotopic (exact) mass is 323 g/mol. The van der Waals surface area contributed by atoms with Crippen molar-refractivity contribution in [3.8, 4) is 5.75 Å². The van der Waals surface area contributed by atoms with Gasteiger partial charge < -0.3 is 9.47 Å². The van der Waals surface area contributed by atoms with Gasteiger partial charge in [0.1, 0.15) is 18.2 Å². The van der Waals surface area contributed by atoms with Crippen LogP contribution in [0.15, 0.2) is 71.9 Å². The number of esters is 1. The number of carbonyl (C=O) groups excluding carboxylic acids is 1. The van der Waals surface area contributed by atoms with Crippen LogP contribution in [0.25, 0.3) is 6.08 Å². The Labute approximate surface area is 138 Å². The fourth-order valence-corrected chi connectivity index (χ4v) is 2.17. The van der Waals surface area contributed by atoms with Crippen LogP contribution in [0, 0.1) is 5.82 Å². The average molecular weight is 323 g/mol. The Morgan fingerprint density at radius 1 is 1.21 bits per heavy atom. The van der Waals surface area contributed by atoms with Crippen molar-refractivity contribution in [2.75, 3.05) is 6.61 Å². The number of nitrogens with zero attached hydrogens (tertiary/aromatic N) is 1. The highest BCUT2D eigenvalue weighted by Crippen LogP contribution is 2.22. The summed E-state index contributed by atoms with van der Waals surface area (Å²) in [6.45, 7) is 3.98. The molecule has 5 heteroatoms. The first-order chi connectivity index (χ1) is 11.7. The number of benzene rings is 2. The molecule has 0 atom stereocenters. The minimum absolute atomic E-state index is 0.0385. The lowest BCUT2D eigenvalue weighted by atomic mass is 10.2. The topological polar surface area (TPSA) is 47.9 Å². The zero-order chi connectivity index (χ0) is 16.9. The molecule has 24 heavy (non-hydrogen) atoms. The quantitative estimate of drug-likeness (QED) is 0.478. The van der Waals surface area contributed by atoms with E-state index in [9.17, 15) is 9.18 Å². The minimum atomic E-state index is -0.620. The third-order valence-corrected chi connectivity index (χ3v) is 3.25. The predicted octanol–water partition coefficient (Wildman–Crippen LogP) is 3.74. The normalized spacial score (nSPS) is 15.1. The van der Waals surface area contributed by atoms with Crippen molar-refractivity contribution in [1.29, 1.82) is 0 Å². The molecule has 0 saturated carbocycles. The first kappa shape index (κ1) is 15.7. The van der Waals surface area contributed by atoms with Crippen LogP contribution in [0.1, 0.15) is 11.1 Å². The first-order valence-electron chi connectivity index (χ1n) is 7.28. The molecule has 0 bridgehead atoms. The summed E-state index contributed by atoms with van der Waals surface area (Å²) >= 11 is 0. The van der Waals surface area contributed by atoms with Gasteiger partial charge in [-0.05, 0) is 35.9 Å². The Balaban J connectivity index is 1.89. The second-order valence-electron chi connectivity index (χ2n) is 4.99. The summed E-state index contributed by atoms with van der Waals surface area (Å²) in [7, 11) is 0. The van der Waals surface area contributed by atoms with Gasteiger partial charge in [-0.15, -0.1) is 0 Å². The van der Waals surface area contributed by atoms with E-state index in [0.717, 1.165) is 5.56 Å². The second-order valence-corrected chi connectivity index (χ2v) is 4.99. The van der Waals surface area contributed by atoms with Crippen molar-refractivity contribution in [3.05, 3.63) is 83.8 Å². The molecule has 0 radical (unpaired) electrons. The van der Waals surface area contributed by atoms with Crippen molar-refractivity contribution in [2.45, 2.75) is 0 Å². The number of hydrogen-bond acceptors (Lipinski definition) is 4. The maximum absolute atomic E-state index is 13.8. The van der Waals surface area contributed by atoms with E-state index in [1.807, 2.05) is 0 Å². The molecule has 0 aliphatic carbocycles. The summed E-state index contributed by atoms with van der Waals surface area (Å²) in [6, 6.07) is 13.2. The van der Waals surface area contributed by atoms with Gasteiger partial charge in [0, 0.05) is 0 Å². The highest BCUT2D eigenvalue weighted by molar-refractivity contribution is 6.12. The van der Waals surface area contributed by atoms with Gasteiger partial charge in [0.15, 0.2) is 5.70 Å². The van der Waals surface area contributed by atoms with E-state index < -0.39 is 11.8 Å². The van der Waals surface area contributed by atoms with Gasteiger partial charge in [0.05, 0.1) is 5.56 Å². The molecule has 0 fully saturated rings. The van der Waals surface area contributed by atoms with Crippen LogP contribution in [0.4, 0.5) is 4.39 Å². The highest BCUT2D eigenvalue weighted by Gasteiger charge is 2.25. The van der Waals surface area contributed by atoms with E-state index in [1.54, 1.807) is 48.6 Å². The summed E-state index contributed by atoms with van der Waals surface area (Å²) in [4.78, 5) is 16.1. The van der Waals surface area contributed by atoms with Crippen LogP contribution in [0.5, 0.6) is 5.75 Å². The number of halogens is 1. The number of aliphatic imine (C=N–C) groups is 1. The van der Waals surface area contributed by atoms with Gasteiger partial charge in [-0.25, -0.2) is 14.2 Å². The number of cyclic esters (lactones) is 1. The molecule has 0 spiro atoms.